The Bertz CT molecular complexity index is 4670. The number of ketones is 1. The average Bonchev–Trinajstić information content (AvgIpc) is 1.61. The summed E-state index contributed by atoms with van der Waals surface area (Å²) in [4.78, 5) is 99.9. The molecule has 3 amide bonds. The number of esters is 2. The number of nitrogens with one attached hydrogen (secondary N) is 2. The number of carbonyl (C=O) groups excluding carboxylic acids is 7. The number of cyclic esters (lactones) is 2. The third-order valence-corrected chi connectivity index (χ3v) is 14.9. The molecule has 0 radical (unpaired) electrons. The van der Waals surface area contributed by atoms with Crippen LogP contribution in [0.2, 0.25) is 0 Å². The van der Waals surface area contributed by atoms with E-state index in [9.17, 15) is 69.0 Å². The highest BCUT2D eigenvalue weighted by atomic mass is 35.5. The van der Waals surface area contributed by atoms with Gasteiger partial charge in [-0.2, -0.15) is 0 Å². The van der Waals surface area contributed by atoms with Gasteiger partial charge in [0.05, 0.1) is 61.8 Å². The highest BCUT2D eigenvalue weighted by molar-refractivity contribution is 6.67. The molecule has 9 aromatic carbocycles. The number of nitrogens with two attached hydrogens (primary N) is 2. The zero-order valence-electron chi connectivity index (χ0n) is 49.9. The highest BCUT2D eigenvalue weighted by Crippen LogP contribution is 2.37. The van der Waals surface area contributed by atoms with Crippen molar-refractivity contribution in [3.63, 3.8) is 0 Å². The number of phenolic OH excluding ortho intramolecular Hbond substituents is 5. The third-order valence-electron chi connectivity index (χ3n) is 14.7. The van der Waals surface area contributed by atoms with Crippen LogP contribution in [-0.4, -0.2) is 89.3 Å². The number of amides is 3. The van der Waals surface area contributed by atoms with E-state index in [4.69, 9.17) is 27.5 Å². The maximum atomic E-state index is 12.9. The van der Waals surface area contributed by atoms with E-state index in [1.165, 1.54) is 49.4 Å². The molecule has 0 atom stereocenters. The number of rotatable bonds is 13. The molecule has 0 saturated heterocycles. The second-order valence-electron chi connectivity index (χ2n) is 21.4. The Kier molecular flexibility index (Phi) is 19.3. The number of benzene rings is 9. The summed E-state index contributed by atoms with van der Waals surface area (Å²) in [7, 11) is 1.70. The van der Waals surface area contributed by atoms with Gasteiger partial charge in [0, 0.05) is 26.5 Å². The second kappa shape index (κ2) is 27.6. The predicted molar refractivity (Wildman–Crippen MR) is 348 cm³/mol. The van der Waals surface area contributed by atoms with E-state index < -0.39 is 40.9 Å². The van der Waals surface area contributed by atoms with Gasteiger partial charge in [0.25, 0.3) is 23.0 Å². The minimum absolute atomic E-state index is 0. The number of carboxylic acids is 1. The molecule has 12 rings (SSSR count). The van der Waals surface area contributed by atoms with Gasteiger partial charge in [0.2, 0.25) is 0 Å². The lowest BCUT2D eigenvalue weighted by Gasteiger charge is -2.16. The third kappa shape index (κ3) is 15.1. The summed E-state index contributed by atoms with van der Waals surface area (Å²) in [6.07, 6.45) is 1.64. The predicted octanol–water partition coefficient (Wildman–Crippen LogP) is 11.9. The molecule has 0 bridgehead atoms. The first-order chi connectivity index (χ1) is 44.2. The van der Waals surface area contributed by atoms with Crippen LogP contribution in [0.15, 0.2) is 168 Å². The van der Waals surface area contributed by atoms with Crippen LogP contribution in [0, 0.1) is 13.8 Å². The van der Waals surface area contributed by atoms with Gasteiger partial charge in [0.1, 0.15) is 34.3 Å². The number of hydrogen-bond acceptors (Lipinski definition) is 19. The highest BCUT2D eigenvalue weighted by Gasteiger charge is 2.38. The fraction of sp³-hybridized carbons (Fsp3) is 0.100. The number of aromatic carboxylic acids is 1. The van der Waals surface area contributed by atoms with Gasteiger partial charge >= 0.3 is 17.9 Å². The number of aromatic nitrogens is 1. The van der Waals surface area contributed by atoms with Crippen molar-refractivity contribution in [3.8, 4) is 28.7 Å². The summed E-state index contributed by atoms with van der Waals surface area (Å²) in [5.41, 5.74) is 21.4. The first-order valence-electron chi connectivity index (χ1n) is 28.2. The maximum Gasteiger partial charge on any atom is 0.346 e. The number of nitrogen functional groups attached to an aromatic ring is 2. The Morgan fingerprint density at radius 1 is 0.538 bits per heavy atom. The van der Waals surface area contributed by atoms with E-state index in [1.807, 2.05) is 31.2 Å². The minimum atomic E-state index is -1.34. The van der Waals surface area contributed by atoms with Crippen LogP contribution in [0.1, 0.15) is 136 Å². The molecule has 2 aliphatic rings. The molecule has 12 N–H and O–H groups in total. The molecule has 93 heavy (non-hydrogen) atoms. The van der Waals surface area contributed by atoms with Crippen molar-refractivity contribution < 1.29 is 79.6 Å². The van der Waals surface area contributed by atoms with Crippen LogP contribution in [-0.2, 0) is 24.0 Å². The summed E-state index contributed by atoms with van der Waals surface area (Å²) < 4.78 is 9.85. The SMILES string of the molecule is CNc1cc(Cc2ccc(O)c(NC(=O)c3ccc(C(C)=O)cc3C(=O)O)c2)ccc1O.Cc1ccc2c(c1)C(=O)N(c1cc(Cc3ccc4oc(C)nc4c3)ccc1O)C2=O.Nc1cc(Cc2ccc(N)c(O)c2)ccc1O.O=C(Cl)c1ccc2c(c1)C(=O)OC2=O.[2HH]. The van der Waals surface area contributed by atoms with Crippen LogP contribution < -0.4 is 27.0 Å². The molecule has 22 nitrogen and oxygen atoms in total. The number of imide groups is 1. The summed E-state index contributed by atoms with van der Waals surface area (Å²) in [6, 6.07) is 43.7. The molecule has 10 aromatic rings. The first-order valence-corrected chi connectivity index (χ1v) is 28.6. The molecule has 0 fully saturated rings. The lowest BCUT2D eigenvalue weighted by atomic mass is 10.0. The lowest BCUT2D eigenvalue weighted by molar-refractivity contribution is 0.0441. The van der Waals surface area contributed by atoms with Crippen molar-refractivity contribution in [1.29, 1.82) is 0 Å². The number of hydrogen-bond donors (Lipinski definition) is 10. The second-order valence-corrected chi connectivity index (χ2v) is 21.8. The number of anilines is 5. The molecule has 3 heterocycles. The largest absolute Gasteiger partial charge is 0.506 e. The van der Waals surface area contributed by atoms with Crippen LogP contribution in [0.25, 0.3) is 11.1 Å². The first kappa shape index (κ1) is 65.2. The summed E-state index contributed by atoms with van der Waals surface area (Å²) in [6.45, 7) is 4.97. The fourth-order valence-electron chi connectivity index (χ4n) is 9.97. The zero-order valence-corrected chi connectivity index (χ0v) is 50.7. The Hall–Kier alpha value is -12.3. The smallest absolute Gasteiger partial charge is 0.346 e. The van der Waals surface area contributed by atoms with Gasteiger partial charge in [0.15, 0.2) is 17.3 Å². The number of halogens is 1. The van der Waals surface area contributed by atoms with Crippen molar-refractivity contribution in [2.45, 2.75) is 40.0 Å². The molecule has 0 aliphatic carbocycles. The van der Waals surface area contributed by atoms with Gasteiger partial charge in [-0.1, -0.05) is 54.1 Å². The zero-order chi connectivity index (χ0) is 67.1. The molecule has 0 saturated carbocycles. The molecule has 1 aromatic heterocycles. The van der Waals surface area contributed by atoms with Crippen molar-refractivity contribution in [2.75, 3.05) is 34.0 Å². The number of fused-ring (bicyclic) bond motifs is 3. The van der Waals surface area contributed by atoms with Gasteiger partial charge in [-0.15, -0.1) is 0 Å². The maximum absolute atomic E-state index is 12.9. The normalized spacial score (nSPS) is 11.9. The Morgan fingerprint density at radius 3 is 1.72 bits per heavy atom. The number of Topliss-reactive ketones (excluding diaryl/α,β-unsaturated/α-hetero) is 1. The monoisotopic (exact) mass is 1280 g/mol. The Balaban J connectivity index is 0.000000168. The van der Waals surface area contributed by atoms with Gasteiger partial charge in [-0.25, -0.2) is 24.3 Å². The number of oxazole rings is 1. The van der Waals surface area contributed by atoms with E-state index in [-0.39, 0.29) is 80.7 Å². The van der Waals surface area contributed by atoms with Crippen molar-refractivity contribution in [2.24, 2.45) is 0 Å². The van der Waals surface area contributed by atoms with Crippen LogP contribution in [0.4, 0.5) is 28.4 Å². The van der Waals surface area contributed by atoms with Gasteiger partial charge in [-0.05, 0) is 193 Å². The Labute approximate surface area is 536 Å². The number of phenols is 5. The van der Waals surface area contributed by atoms with E-state index in [0.29, 0.717) is 53.3 Å². The number of carbonyl (C=O) groups is 8. The molecule has 2 aliphatic heterocycles. The number of ether oxygens (including phenoxy) is 1. The molecule has 0 spiro atoms. The van der Waals surface area contributed by atoms with Crippen molar-refractivity contribution in [3.05, 3.63) is 253 Å². The van der Waals surface area contributed by atoms with Crippen LogP contribution in [0.3, 0.4) is 0 Å². The molecular weight excluding hydrogens is 1220 g/mol. The number of carboxylic acid groups (broad SMARTS) is 1. The molecule has 23 heteroatoms. The quantitative estimate of drug-likeness (QED) is 0.00975. The van der Waals surface area contributed by atoms with Crippen LogP contribution >= 0.6 is 11.6 Å². The van der Waals surface area contributed by atoms with Crippen molar-refractivity contribution in [1.82, 2.24) is 4.98 Å². The van der Waals surface area contributed by atoms with E-state index in [1.54, 1.807) is 105 Å². The summed E-state index contributed by atoms with van der Waals surface area (Å²) in [5, 5.41) is 63.4. The van der Waals surface area contributed by atoms with Gasteiger partial charge in [-0.3, -0.25) is 24.0 Å². The molecule has 0 unspecified atom stereocenters. The summed E-state index contributed by atoms with van der Waals surface area (Å²) >= 11 is 5.21. The minimum Gasteiger partial charge on any atom is -0.506 e. The standard InChI is InChI=1S/C24H22N2O6.C24H18N2O4.C13H14N2O2.C9H3ClO4.H2/c1-13(27)16-5-6-17(18(12-16)24(31)32)23(30)26-20-11-15(4-8-22(20)29)9-14-3-7-21(28)19(10-14)25-2;1-13-3-6-17-18(9-13)24(29)26(23(17)28)20-12-16(4-7-21(20)27)10-15-5-8-22-19(11-15)25-14(2)30-22;14-10-3-1-9(7-13(10)17)5-8-2-4-12(16)11(15)6-8;10-7(11)4-1-2-5-6(3-4)9(13)14-8(5)12;/h3-8,10-12,25,28-29H,9H2,1-2H3,(H,26,30)(H,31,32);3-9,11-12,27H,10H2,1-2H3;1-4,6-7,16-17H,5,14-15H2;1-3H;1H/i;;;;1+1. The summed E-state index contributed by atoms with van der Waals surface area (Å²) in [5.74, 6) is -4.10. The number of aryl methyl sites for hydroxylation is 2. The Morgan fingerprint density at radius 2 is 1.09 bits per heavy atom. The molecular formula is C70H59ClN6O16. The topological polar surface area (TPSA) is 373 Å². The fourth-order valence-corrected chi connectivity index (χ4v) is 10.1. The van der Waals surface area contributed by atoms with E-state index >= 15 is 0 Å². The van der Waals surface area contributed by atoms with Gasteiger partial charge < -0.3 is 61.9 Å². The number of nitrogens with zero attached hydrogens (tertiary/aromatic N) is 2. The van der Waals surface area contributed by atoms with E-state index in [2.05, 4.69) is 20.4 Å². The average molecular weight is 1280 g/mol. The van der Waals surface area contributed by atoms with Crippen LogP contribution in [0.5, 0.6) is 28.7 Å². The van der Waals surface area contributed by atoms with E-state index in [0.717, 1.165) is 61.0 Å². The lowest BCUT2D eigenvalue weighted by Crippen LogP contribution is -2.29. The van der Waals surface area contributed by atoms with Crippen molar-refractivity contribution >= 4 is 97.8 Å². The molecule has 472 valence electrons. The number of aromatic hydroxyl groups is 5.